The van der Waals surface area contributed by atoms with Crippen molar-refractivity contribution in [3.8, 4) is 0 Å². The van der Waals surface area contributed by atoms with E-state index in [0.717, 1.165) is 31.5 Å². The smallest absolute Gasteiger partial charge is 0.238 e. The molecule has 1 amide bonds. The largest absolute Gasteiger partial charge is 0.396 e. The number of anilines is 1. The molecule has 0 saturated carbocycles. The van der Waals surface area contributed by atoms with Crippen LogP contribution in [0, 0.1) is 5.92 Å². The van der Waals surface area contributed by atoms with Crippen LogP contribution in [0.15, 0.2) is 30.3 Å². The normalized spacial score (nSPS) is 12.1. The first-order valence-electron chi connectivity index (χ1n) is 6.92. The van der Waals surface area contributed by atoms with Crippen LogP contribution in [0.25, 0.3) is 0 Å². The van der Waals surface area contributed by atoms with Gasteiger partial charge in [-0.15, -0.1) is 0 Å². The molecule has 1 aromatic carbocycles. The zero-order valence-corrected chi connectivity index (χ0v) is 11.6. The molecule has 19 heavy (non-hydrogen) atoms. The van der Waals surface area contributed by atoms with Gasteiger partial charge in [-0.3, -0.25) is 4.79 Å². The molecule has 4 nitrogen and oxygen atoms in total. The van der Waals surface area contributed by atoms with Crippen LogP contribution in [0.4, 0.5) is 5.69 Å². The van der Waals surface area contributed by atoms with E-state index in [0.29, 0.717) is 12.5 Å². The standard InChI is InChI=1S/C15H24N2O2/c1-2-6-13(9-10-18)11-16-12-15(19)17-14-7-4-3-5-8-14/h3-5,7-8,13,16,18H,2,6,9-12H2,1H3,(H,17,19). The van der Waals surface area contributed by atoms with Gasteiger partial charge in [0.1, 0.15) is 0 Å². The minimum atomic E-state index is -0.0366. The third kappa shape index (κ3) is 6.94. The van der Waals surface area contributed by atoms with E-state index in [1.165, 1.54) is 0 Å². The number of para-hydroxylation sites is 1. The number of aliphatic hydroxyl groups excluding tert-OH is 1. The SMILES string of the molecule is CCCC(CCO)CNCC(=O)Nc1ccccc1. The van der Waals surface area contributed by atoms with Crippen LogP contribution in [-0.2, 0) is 4.79 Å². The number of rotatable bonds is 9. The first kappa shape index (κ1) is 15.7. The van der Waals surface area contributed by atoms with Crippen molar-refractivity contribution >= 4 is 11.6 Å². The molecule has 0 saturated heterocycles. The fourth-order valence-electron chi connectivity index (χ4n) is 2.06. The Balaban J connectivity index is 2.22. The van der Waals surface area contributed by atoms with Crippen molar-refractivity contribution < 1.29 is 9.90 Å². The number of hydrogen-bond donors (Lipinski definition) is 3. The van der Waals surface area contributed by atoms with E-state index in [1.54, 1.807) is 0 Å². The average Bonchev–Trinajstić information content (AvgIpc) is 2.40. The molecule has 0 aliphatic heterocycles. The van der Waals surface area contributed by atoms with Crippen molar-refractivity contribution in [2.24, 2.45) is 5.92 Å². The van der Waals surface area contributed by atoms with E-state index in [2.05, 4.69) is 17.6 Å². The van der Waals surface area contributed by atoms with Crippen LogP contribution in [-0.4, -0.2) is 30.7 Å². The Morgan fingerprint density at radius 2 is 2.00 bits per heavy atom. The van der Waals surface area contributed by atoms with E-state index < -0.39 is 0 Å². The fourth-order valence-corrected chi connectivity index (χ4v) is 2.06. The van der Waals surface area contributed by atoms with E-state index in [-0.39, 0.29) is 12.5 Å². The monoisotopic (exact) mass is 264 g/mol. The zero-order valence-electron chi connectivity index (χ0n) is 11.6. The Morgan fingerprint density at radius 3 is 2.63 bits per heavy atom. The summed E-state index contributed by atoms with van der Waals surface area (Å²) in [4.78, 5) is 11.7. The molecular weight excluding hydrogens is 240 g/mol. The molecule has 0 spiro atoms. The molecule has 1 aromatic rings. The maximum absolute atomic E-state index is 11.7. The van der Waals surface area contributed by atoms with Crippen molar-refractivity contribution in [3.05, 3.63) is 30.3 Å². The quantitative estimate of drug-likeness (QED) is 0.639. The minimum Gasteiger partial charge on any atom is -0.396 e. The summed E-state index contributed by atoms with van der Waals surface area (Å²) in [6.07, 6.45) is 2.97. The fraction of sp³-hybridized carbons (Fsp3) is 0.533. The highest BCUT2D eigenvalue weighted by atomic mass is 16.3. The molecule has 3 N–H and O–H groups in total. The summed E-state index contributed by atoms with van der Waals surface area (Å²) in [5, 5.41) is 14.9. The van der Waals surface area contributed by atoms with Crippen molar-refractivity contribution in [1.29, 1.82) is 0 Å². The number of benzene rings is 1. The van der Waals surface area contributed by atoms with Crippen LogP contribution in [0.2, 0.25) is 0 Å². The van der Waals surface area contributed by atoms with Gasteiger partial charge < -0.3 is 15.7 Å². The van der Waals surface area contributed by atoms with E-state index >= 15 is 0 Å². The first-order valence-corrected chi connectivity index (χ1v) is 6.92. The molecule has 0 bridgehead atoms. The number of hydrogen-bond acceptors (Lipinski definition) is 3. The highest BCUT2D eigenvalue weighted by Gasteiger charge is 2.08. The lowest BCUT2D eigenvalue weighted by molar-refractivity contribution is -0.115. The Kier molecular flexibility index (Phi) is 7.86. The Morgan fingerprint density at radius 1 is 1.26 bits per heavy atom. The predicted molar refractivity (Wildman–Crippen MR) is 78.0 cm³/mol. The number of nitrogens with one attached hydrogen (secondary N) is 2. The Hall–Kier alpha value is -1.39. The Labute approximate surface area is 115 Å². The number of carbonyl (C=O) groups excluding carboxylic acids is 1. The van der Waals surface area contributed by atoms with Crippen LogP contribution in [0.3, 0.4) is 0 Å². The van der Waals surface area contributed by atoms with Gasteiger partial charge in [0.05, 0.1) is 6.54 Å². The summed E-state index contributed by atoms with van der Waals surface area (Å²) < 4.78 is 0. The van der Waals surface area contributed by atoms with Crippen LogP contribution in [0.1, 0.15) is 26.2 Å². The molecule has 0 aliphatic rings. The third-order valence-electron chi connectivity index (χ3n) is 3.01. The maximum Gasteiger partial charge on any atom is 0.238 e. The molecule has 0 aromatic heterocycles. The molecule has 0 fully saturated rings. The summed E-state index contributed by atoms with van der Waals surface area (Å²) in [6, 6.07) is 9.42. The predicted octanol–water partition coefficient (Wildman–Crippen LogP) is 2.01. The molecular formula is C15H24N2O2. The van der Waals surface area contributed by atoms with Crippen molar-refractivity contribution in [3.63, 3.8) is 0 Å². The molecule has 0 radical (unpaired) electrons. The van der Waals surface area contributed by atoms with Gasteiger partial charge >= 0.3 is 0 Å². The number of carbonyl (C=O) groups is 1. The van der Waals surface area contributed by atoms with Crippen LogP contribution >= 0.6 is 0 Å². The third-order valence-corrected chi connectivity index (χ3v) is 3.01. The van der Waals surface area contributed by atoms with Gasteiger partial charge in [0.25, 0.3) is 0 Å². The van der Waals surface area contributed by atoms with Crippen molar-refractivity contribution in [2.75, 3.05) is 25.0 Å². The van der Waals surface area contributed by atoms with Crippen molar-refractivity contribution in [2.45, 2.75) is 26.2 Å². The van der Waals surface area contributed by atoms with Gasteiger partial charge in [-0.2, -0.15) is 0 Å². The molecule has 1 atom stereocenters. The summed E-state index contributed by atoms with van der Waals surface area (Å²) in [5.41, 5.74) is 0.815. The number of aliphatic hydroxyl groups is 1. The Bertz CT molecular complexity index is 348. The zero-order chi connectivity index (χ0) is 13.9. The first-order chi connectivity index (χ1) is 9.26. The number of amides is 1. The molecule has 106 valence electrons. The van der Waals surface area contributed by atoms with Gasteiger partial charge in [-0.25, -0.2) is 0 Å². The average molecular weight is 264 g/mol. The highest BCUT2D eigenvalue weighted by Crippen LogP contribution is 2.09. The molecule has 1 unspecified atom stereocenters. The van der Waals surface area contributed by atoms with E-state index in [4.69, 9.17) is 5.11 Å². The van der Waals surface area contributed by atoms with Gasteiger partial charge in [0.2, 0.25) is 5.91 Å². The molecule has 4 heteroatoms. The lowest BCUT2D eigenvalue weighted by Gasteiger charge is -2.15. The highest BCUT2D eigenvalue weighted by molar-refractivity contribution is 5.92. The van der Waals surface area contributed by atoms with Gasteiger partial charge in [0.15, 0.2) is 0 Å². The van der Waals surface area contributed by atoms with E-state index in [9.17, 15) is 4.79 Å². The second kappa shape index (κ2) is 9.53. The lowest BCUT2D eigenvalue weighted by atomic mass is 10.0. The second-order valence-corrected chi connectivity index (χ2v) is 4.71. The van der Waals surface area contributed by atoms with E-state index in [1.807, 2.05) is 30.3 Å². The summed E-state index contributed by atoms with van der Waals surface area (Å²) in [6.45, 7) is 3.42. The molecule has 0 aliphatic carbocycles. The molecule has 0 heterocycles. The summed E-state index contributed by atoms with van der Waals surface area (Å²) in [5.74, 6) is 0.407. The van der Waals surface area contributed by atoms with Crippen molar-refractivity contribution in [1.82, 2.24) is 5.32 Å². The summed E-state index contributed by atoms with van der Waals surface area (Å²) in [7, 11) is 0. The van der Waals surface area contributed by atoms with Gasteiger partial charge in [0, 0.05) is 12.3 Å². The van der Waals surface area contributed by atoms with Gasteiger partial charge in [-0.05, 0) is 37.4 Å². The lowest BCUT2D eigenvalue weighted by Crippen LogP contribution is -2.32. The second-order valence-electron chi connectivity index (χ2n) is 4.71. The topological polar surface area (TPSA) is 61.4 Å². The molecule has 1 rings (SSSR count). The minimum absolute atomic E-state index is 0.0366. The van der Waals surface area contributed by atoms with Crippen LogP contribution < -0.4 is 10.6 Å². The maximum atomic E-state index is 11.7. The van der Waals surface area contributed by atoms with Gasteiger partial charge in [-0.1, -0.05) is 31.5 Å². The summed E-state index contributed by atoms with van der Waals surface area (Å²) >= 11 is 0. The van der Waals surface area contributed by atoms with Crippen LogP contribution in [0.5, 0.6) is 0 Å².